The molecule has 2 unspecified atom stereocenters. The van der Waals surface area contributed by atoms with Gasteiger partial charge in [-0.2, -0.15) is 0 Å². The summed E-state index contributed by atoms with van der Waals surface area (Å²) in [5.41, 5.74) is 5.75. The zero-order chi connectivity index (χ0) is 7.40. The van der Waals surface area contributed by atoms with Crippen molar-refractivity contribution in [2.75, 3.05) is 19.8 Å². The van der Waals surface area contributed by atoms with Gasteiger partial charge in [0.05, 0.1) is 0 Å². The topological polar surface area (TPSA) is 55.5 Å². The molecule has 0 spiro atoms. The summed E-state index contributed by atoms with van der Waals surface area (Å²) in [6.45, 7) is 1.70. The molecule has 0 amide bonds. The molecule has 0 aromatic carbocycles. The molecule has 3 N–H and O–H groups in total. The molecule has 2 atom stereocenters. The fraction of sp³-hybridized carbons (Fsp3) is 1.00. The summed E-state index contributed by atoms with van der Waals surface area (Å²) in [7, 11) is 0. The van der Waals surface area contributed by atoms with Gasteiger partial charge in [-0.05, 0) is 18.8 Å². The molecule has 10 heavy (non-hydrogen) atoms. The summed E-state index contributed by atoms with van der Waals surface area (Å²) in [6.07, 6.45) is 1.78. The number of ether oxygens (including phenoxy) is 1. The van der Waals surface area contributed by atoms with Crippen LogP contribution in [0.4, 0.5) is 0 Å². The number of hydrogen-bond acceptors (Lipinski definition) is 3. The molecule has 3 nitrogen and oxygen atoms in total. The zero-order valence-electron chi connectivity index (χ0n) is 6.12. The van der Waals surface area contributed by atoms with Gasteiger partial charge in [0.25, 0.3) is 0 Å². The second-order valence-electron chi connectivity index (χ2n) is 2.80. The van der Waals surface area contributed by atoms with Gasteiger partial charge in [0.1, 0.15) is 0 Å². The Hall–Kier alpha value is -0.120. The molecule has 0 radical (unpaired) electrons. The predicted molar refractivity (Wildman–Crippen MR) is 38.6 cm³/mol. The van der Waals surface area contributed by atoms with E-state index in [1.165, 1.54) is 0 Å². The quantitative estimate of drug-likeness (QED) is 0.534. The van der Waals surface area contributed by atoms with Crippen LogP contribution in [0, 0.1) is 5.92 Å². The predicted octanol–water partition coefficient (Wildman–Crippen LogP) is -0.267. The van der Waals surface area contributed by atoms with Crippen molar-refractivity contribution in [3.8, 4) is 0 Å². The third-order valence-corrected chi connectivity index (χ3v) is 2.07. The average Bonchev–Trinajstić information content (AvgIpc) is 2.13. The van der Waals surface area contributed by atoms with Gasteiger partial charge in [0.2, 0.25) is 0 Å². The van der Waals surface area contributed by atoms with Gasteiger partial charge in [-0.1, -0.05) is 0 Å². The Morgan fingerprint density at radius 1 is 1.40 bits per heavy atom. The molecule has 0 saturated carbocycles. The first-order valence-corrected chi connectivity index (χ1v) is 3.78. The van der Waals surface area contributed by atoms with Crippen LogP contribution in [0.2, 0.25) is 0 Å². The minimum atomic E-state index is 0.132. The summed E-state index contributed by atoms with van der Waals surface area (Å²) < 4.78 is 5.21. The molecule has 0 aliphatic carbocycles. The van der Waals surface area contributed by atoms with E-state index < -0.39 is 0 Å². The highest BCUT2D eigenvalue weighted by Crippen LogP contribution is 2.13. The van der Waals surface area contributed by atoms with Crippen molar-refractivity contribution in [2.24, 2.45) is 11.7 Å². The molecular weight excluding hydrogens is 130 g/mol. The molecule has 3 heteroatoms. The molecule has 0 aromatic rings. The van der Waals surface area contributed by atoms with E-state index in [0.29, 0.717) is 0 Å². The maximum Gasteiger partial charge on any atom is 0.0480 e. The maximum atomic E-state index is 8.85. The molecule has 1 aliphatic heterocycles. The minimum absolute atomic E-state index is 0.132. The van der Waals surface area contributed by atoms with Crippen molar-refractivity contribution in [3.63, 3.8) is 0 Å². The first-order valence-electron chi connectivity index (χ1n) is 3.78. The first kappa shape index (κ1) is 7.98. The van der Waals surface area contributed by atoms with E-state index in [0.717, 1.165) is 26.1 Å². The summed E-state index contributed by atoms with van der Waals surface area (Å²) in [6, 6.07) is 0.132. The van der Waals surface area contributed by atoms with Gasteiger partial charge < -0.3 is 15.6 Å². The van der Waals surface area contributed by atoms with Crippen molar-refractivity contribution in [3.05, 3.63) is 0 Å². The molecular formula is C7H15NO2. The number of nitrogens with two attached hydrogens (primary N) is 1. The lowest BCUT2D eigenvalue weighted by Gasteiger charge is -2.16. The second kappa shape index (κ2) is 3.91. The van der Waals surface area contributed by atoms with E-state index in [2.05, 4.69) is 0 Å². The fourth-order valence-electron chi connectivity index (χ4n) is 1.23. The third-order valence-electron chi connectivity index (χ3n) is 2.07. The Morgan fingerprint density at radius 3 is 2.80 bits per heavy atom. The summed E-state index contributed by atoms with van der Waals surface area (Å²) >= 11 is 0. The van der Waals surface area contributed by atoms with Gasteiger partial charge in [-0.15, -0.1) is 0 Å². The number of rotatable bonds is 1. The zero-order valence-corrected chi connectivity index (χ0v) is 6.12. The van der Waals surface area contributed by atoms with Gasteiger partial charge >= 0.3 is 0 Å². The number of aliphatic hydroxyl groups is 1. The largest absolute Gasteiger partial charge is 0.396 e. The van der Waals surface area contributed by atoms with Crippen molar-refractivity contribution in [1.82, 2.24) is 0 Å². The van der Waals surface area contributed by atoms with Crippen LogP contribution in [0.25, 0.3) is 0 Å². The average molecular weight is 145 g/mol. The lowest BCUT2D eigenvalue weighted by atomic mass is 9.97. The maximum absolute atomic E-state index is 8.85. The van der Waals surface area contributed by atoms with E-state index in [9.17, 15) is 0 Å². The molecule has 1 saturated heterocycles. The van der Waals surface area contributed by atoms with E-state index in [4.69, 9.17) is 15.6 Å². The SMILES string of the molecule is NC1CCOCCC1CO. The van der Waals surface area contributed by atoms with Crippen LogP contribution in [-0.4, -0.2) is 31.0 Å². The molecule has 0 aromatic heterocycles. The van der Waals surface area contributed by atoms with E-state index in [1.807, 2.05) is 0 Å². The molecule has 60 valence electrons. The van der Waals surface area contributed by atoms with Gasteiger partial charge in [-0.3, -0.25) is 0 Å². The highest BCUT2D eigenvalue weighted by molar-refractivity contribution is 4.74. The van der Waals surface area contributed by atoms with Crippen molar-refractivity contribution >= 4 is 0 Å². The molecule has 1 aliphatic rings. The van der Waals surface area contributed by atoms with Crippen LogP contribution >= 0.6 is 0 Å². The normalized spacial score (nSPS) is 35.4. The highest BCUT2D eigenvalue weighted by Gasteiger charge is 2.19. The van der Waals surface area contributed by atoms with Crippen LogP contribution in [0.5, 0.6) is 0 Å². The first-order chi connectivity index (χ1) is 4.84. The minimum Gasteiger partial charge on any atom is -0.396 e. The van der Waals surface area contributed by atoms with Gasteiger partial charge in [0.15, 0.2) is 0 Å². The van der Waals surface area contributed by atoms with Crippen LogP contribution in [0.15, 0.2) is 0 Å². The molecule has 1 heterocycles. The van der Waals surface area contributed by atoms with E-state index in [-0.39, 0.29) is 18.6 Å². The summed E-state index contributed by atoms with van der Waals surface area (Å²) in [5.74, 6) is 0.252. The fourth-order valence-corrected chi connectivity index (χ4v) is 1.23. The molecule has 1 fully saturated rings. The van der Waals surface area contributed by atoms with Crippen LogP contribution < -0.4 is 5.73 Å². The smallest absolute Gasteiger partial charge is 0.0480 e. The highest BCUT2D eigenvalue weighted by atomic mass is 16.5. The van der Waals surface area contributed by atoms with Crippen LogP contribution in [-0.2, 0) is 4.74 Å². The Balaban J connectivity index is 2.35. The van der Waals surface area contributed by atoms with Crippen molar-refractivity contribution in [1.29, 1.82) is 0 Å². The van der Waals surface area contributed by atoms with Crippen molar-refractivity contribution in [2.45, 2.75) is 18.9 Å². The Labute approximate surface area is 61.2 Å². The van der Waals surface area contributed by atoms with E-state index >= 15 is 0 Å². The van der Waals surface area contributed by atoms with E-state index in [1.54, 1.807) is 0 Å². The Kier molecular flexibility index (Phi) is 3.12. The molecule has 1 rings (SSSR count). The van der Waals surface area contributed by atoms with Gasteiger partial charge in [-0.25, -0.2) is 0 Å². The lowest BCUT2D eigenvalue weighted by molar-refractivity contribution is 0.135. The summed E-state index contributed by atoms with van der Waals surface area (Å²) in [5, 5.41) is 8.85. The number of hydrogen-bond donors (Lipinski definition) is 2. The second-order valence-corrected chi connectivity index (χ2v) is 2.80. The standard InChI is InChI=1S/C7H15NO2/c8-7-2-4-10-3-1-6(7)5-9/h6-7,9H,1-5,8H2. The van der Waals surface area contributed by atoms with Crippen LogP contribution in [0.3, 0.4) is 0 Å². The van der Waals surface area contributed by atoms with Crippen LogP contribution in [0.1, 0.15) is 12.8 Å². The molecule has 0 bridgehead atoms. The monoisotopic (exact) mass is 145 g/mol. The Morgan fingerprint density at radius 2 is 2.10 bits per heavy atom. The Bertz CT molecular complexity index is 97.6. The van der Waals surface area contributed by atoms with Crippen molar-refractivity contribution < 1.29 is 9.84 Å². The number of aliphatic hydroxyl groups excluding tert-OH is 1. The lowest BCUT2D eigenvalue weighted by Crippen LogP contribution is -2.32. The summed E-state index contributed by atoms with van der Waals surface area (Å²) in [4.78, 5) is 0. The van der Waals surface area contributed by atoms with Gasteiger partial charge in [0, 0.05) is 25.9 Å². The third kappa shape index (κ3) is 1.94.